The van der Waals surface area contributed by atoms with Gasteiger partial charge in [0.2, 0.25) is 0 Å². The molecule has 18 heavy (non-hydrogen) atoms. The number of hydrogen-bond donors (Lipinski definition) is 2. The summed E-state index contributed by atoms with van der Waals surface area (Å²) in [6.45, 7) is 0. The Morgan fingerprint density at radius 1 is 1.39 bits per heavy atom. The molecule has 0 aromatic heterocycles. The summed E-state index contributed by atoms with van der Waals surface area (Å²) in [6.07, 6.45) is 1.58. The van der Waals surface area contributed by atoms with Gasteiger partial charge in [-0.2, -0.15) is 0 Å². The lowest BCUT2D eigenvalue weighted by Crippen LogP contribution is -2.59. The first-order valence-electron chi connectivity index (χ1n) is 5.45. The molecule has 0 atom stereocenters. The molecule has 0 heterocycles. The third-order valence-electron chi connectivity index (χ3n) is 3.15. The summed E-state index contributed by atoms with van der Waals surface area (Å²) >= 11 is 2.99. The zero-order valence-corrected chi connectivity index (χ0v) is 11.0. The van der Waals surface area contributed by atoms with Crippen molar-refractivity contribution in [3.05, 3.63) is 34.1 Å². The Morgan fingerprint density at radius 3 is 2.50 bits per heavy atom. The van der Waals surface area contributed by atoms with Crippen LogP contribution in [0.15, 0.2) is 22.7 Å². The molecule has 0 saturated heterocycles. The molecule has 1 fully saturated rings. The van der Waals surface area contributed by atoms with Crippen LogP contribution in [-0.4, -0.2) is 22.5 Å². The van der Waals surface area contributed by atoms with E-state index in [1.807, 2.05) is 0 Å². The number of carboxylic acids is 1. The number of halogens is 2. The topological polar surface area (TPSA) is 66.4 Å². The van der Waals surface area contributed by atoms with Crippen molar-refractivity contribution in [2.24, 2.45) is 0 Å². The molecule has 1 aromatic rings. The van der Waals surface area contributed by atoms with Crippen molar-refractivity contribution in [3.63, 3.8) is 0 Å². The van der Waals surface area contributed by atoms with E-state index in [1.165, 1.54) is 12.1 Å². The number of nitrogens with one attached hydrogen (secondary N) is 1. The molecule has 2 N–H and O–H groups in total. The summed E-state index contributed by atoms with van der Waals surface area (Å²) in [4.78, 5) is 23.0. The van der Waals surface area contributed by atoms with E-state index >= 15 is 0 Å². The third-order valence-corrected chi connectivity index (χ3v) is 3.79. The van der Waals surface area contributed by atoms with Gasteiger partial charge in [-0.05, 0) is 53.4 Å². The van der Waals surface area contributed by atoms with Gasteiger partial charge in [-0.1, -0.05) is 0 Å². The van der Waals surface area contributed by atoms with Crippen LogP contribution >= 0.6 is 15.9 Å². The van der Waals surface area contributed by atoms with Crippen molar-refractivity contribution in [2.45, 2.75) is 24.8 Å². The van der Waals surface area contributed by atoms with Crippen LogP contribution in [0.5, 0.6) is 0 Å². The molecule has 6 heteroatoms. The maximum Gasteiger partial charge on any atom is 0.329 e. The first kappa shape index (κ1) is 13.0. The molecule has 96 valence electrons. The second kappa shape index (κ2) is 4.68. The lowest BCUT2D eigenvalue weighted by molar-refractivity contribution is -0.148. The van der Waals surface area contributed by atoms with Crippen molar-refractivity contribution in [3.8, 4) is 0 Å². The average Bonchev–Trinajstić information content (AvgIpc) is 2.26. The summed E-state index contributed by atoms with van der Waals surface area (Å²) in [5, 5.41) is 11.6. The van der Waals surface area contributed by atoms with Gasteiger partial charge in [0.1, 0.15) is 11.4 Å². The summed E-state index contributed by atoms with van der Waals surface area (Å²) in [5.74, 6) is -2.16. The lowest BCUT2D eigenvalue weighted by atomic mass is 9.76. The fourth-order valence-corrected chi connectivity index (χ4v) is 2.10. The number of carboxylic acid groups (broad SMARTS) is 1. The number of amides is 1. The number of hydrogen-bond acceptors (Lipinski definition) is 2. The minimum Gasteiger partial charge on any atom is -0.480 e. The maximum atomic E-state index is 13.3. The van der Waals surface area contributed by atoms with Crippen LogP contribution in [0.4, 0.5) is 4.39 Å². The van der Waals surface area contributed by atoms with Crippen LogP contribution in [0.25, 0.3) is 0 Å². The van der Waals surface area contributed by atoms with Gasteiger partial charge in [-0.3, -0.25) is 4.79 Å². The van der Waals surface area contributed by atoms with Gasteiger partial charge in [0.05, 0.1) is 4.47 Å². The number of carbonyl (C=O) groups is 2. The minimum atomic E-state index is -1.18. The zero-order valence-electron chi connectivity index (χ0n) is 9.37. The first-order chi connectivity index (χ1) is 8.44. The average molecular weight is 316 g/mol. The maximum absolute atomic E-state index is 13.3. The highest BCUT2D eigenvalue weighted by atomic mass is 79.9. The van der Waals surface area contributed by atoms with Gasteiger partial charge in [-0.25, -0.2) is 9.18 Å². The largest absolute Gasteiger partial charge is 0.480 e. The van der Waals surface area contributed by atoms with E-state index in [4.69, 9.17) is 5.11 Å². The van der Waals surface area contributed by atoms with E-state index in [1.54, 1.807) is 0 Å². The van der Waals surface area contributed by atoms with Gasteiger partial charge in [0, 0.05) is 5.56 Å². The van der Waals surface area contributed by atoms with Crippen LogP contribution in [0.2, 0.25) is 0 Å². The quantitative estimate of drug-likeness (QED) is 0.899. The van der Waals surface area contributed by atoms with Crippen molar-refractivity contribution >= 4 is 27.8 Å². The van der Waals surface area contributed by atoms with Crippen molar-refractivity contribution < 1.29 is 19.1 Å². The van der Waals surface area contributed by atoms with Gasteiger partial charge in [0.25, 0.3) is 5.91 Å². The van der Waals surface area contributed by atoms with E-state index in [9.17, 15) is 14.0 Å². The Labute approximate surface area is 111 Å². The molecular formula is C12H11BrFNO3. The summed E-state index contributed by atoms with van der Waals surface area (Å²) in [7, 11) is 0. The molecule has 1 saturated carbocycles. The summed E-state index contributed by atoms with van der Waals surface area (Å²) < 4.78 is 13.5. The highest BCUT2D eigenvalue weighted by Gasteiger charge is 2.45. The molecule has 0 unspecified atom stereocenters. The fraction of sp³-hybridized carbons (Fsp3) is 0.333. The van der Waals surface area contributed by atoms with E-state index in [0.717, 1.165) is 12.5 Å². The molecule has 2 rings (SSSR count). The van der Waals surface area contributed by atoms with Gasteiger partial charge in [0.15, 0.2) is 0 Å². The molecule has 1 aliphatic rings. The predicted octanol–water partition coefficient (Wildman–Crippen LogP) is 2.33. The van der Waals surface area contributed by atoms with Gasteiger partial charge < -0.3 is 10.4 Å². The third kappa shape index (κ3) is 2.25. The Kier molecular flexibility index (Phi) is 3.38. The Bertz CT molecular complexity index is 514. The van der Waals surface area contributed by atoms with Gasteiger partial charge in [-0.15, -0.1) is 0 Å². The van der Waals surface area contributed by atoms with E-state index < -0.39 is 23.2 Å². The van der Waals surface area contributed by atoms with Crippen LogP contribution in [0.3, 0.4) is 0 Å². The van der Waals surface area contributed by atoms with Crippen molar-refractivity contribution in [2.75, 3.05) is 0 Å². The standard InChI is InChI=1S/C12H11BrFNO3/c13-8-3-2-7(6-9(8)14)10(16)15-12(11(17)18)4-1-5-12/h2-3,6H,1,4-5H2,(H,15,16)(H,17,18). The predicted molar refractivity (Wildman–Crippen MR) is 65.8 cm³/mol. The molecule has 0 spiro atoms. The highest BCUT2D eigenvalue weighted by Crippen LogP contribution is 2.32. The zero-order chi connectivity index (χ0) is 13.3. The molecule has 4 nitrogen and oxygen atoms in total. The van der Waals surface area contributed by atoms with Crippen LogP contribution in [0, 0.1) is 5.82 Å². The molecule has 1 amide bonds. The Morgan fingerprint density at radius 2 is 2.06 bits per heavy atom. The molecule has 0 radical (unpaired) electrons. The second-order valence-electron chi connectivity index (χ2n) is 4.32. The second-order valence-corrected chi connectivity index (χ2v) is 5.18. The minimum absolute atomic E-state index is 0.114. The van der Waals surface area contributed by atoms with Crippen molar-refractivity contribution in [1.29, 1.82) is 0 Å². The van der Waals surface area contributed by atoms with Crippen LogP contribution in [-0.2, 0) is 4.79 Å². The van der Waals surface area contributed by atoms with E-state index in [-0.39, 0.29) is 10.0 Å². The molecule has 1 aliphatic carbocycles. The van der Waals surface area contributed by atoms with Gasteiger partial charge >= 0.3 is 5.97 Å². The number of aliphatic carboxylic acids is 1. The lowest BCUT2D eigenvalue weighted by Gasteiger charge is -2.38. The van der Waals surface area contributed by atoms with Crippen LogP contribution in [0.1, 0.15) is 29.6 Å². The Balaban J connectivity index is 2.17. The molecule has 0 aliphatic heterocycles. The number of carbonyl (C=O) groups excluding carboxylic acids is 1. The molecular weight excluding hydrogens is 305 g/mol. The molecule has 1 aromatic carbocycles. The SMILES string of the molecule is O=C(NC1(C(=O)O)CCC1)c1ccc(Br)c(F)c1. The highest BCUT2D eigenvalue weighted by molar-refractivity contribution is 9.10. The number of rotatable bonds is 3. The summed E-state index contributed by atoms with van der Waals surface area (Å²) in [5.41, 5.74) is -1.07. The van der Waals surface area contributed by atoms with Crippen LogP contribution < -0.4 is 5.32 Å². The van der Waals surface area contributed by atoms with E-state index in [2.05, 4.69) is 21.2 Å². The number of benzene rings is 1. The molecule has 0 bridgehead atoms. The fourth-order valence-electron chi connectivity index (χ4n) is 1.85. The summed E-state index contributed by atoms with van der Waals surface area (Å²) in [6, 6.07) is 3.93. The van der Waals surface area contributed by atoms with E-state index in [0.29, 0.717) is 12.8 Å². The first-order valence-corrected chi connectivity index (χ1v) is 6.25. The van der Waals surface area contributed by atoms with Crippen molar-refractivity contribution in [1.82, 2.24) is 5.32 Å². The normalized spacial score (nSPS) is 16.8. The Hall–Kier alpha value is -1.43. The monoisotopic (exact) mass is 315 g/mol. The smallest absolute Gasteiger partial charge is 0.329 e.